The van der Waals surface area contributed by atoms with Crippen LogP contribution in [0.25, 0.3) is 0 Å². The first-order valence-corrected chi connectivity index (χ1v) is 7.31. The molecule has 0 radical (unpaired) electrons. The minimum absolute atomic E-state index is 0.174. The summed E-state index contributed by atoms with van der Waals surface area (Å²) in [6, 6.07) is 6.05. The standard InChI is InChI=1S/C12H16N4O2S/c1-3-11-12(8-16(2)14-11)15-19(17,18)10-6-4-9(13)5-7-10/h4-8,15H,3,13H2,1-2H3. The molecule has 0 saturated heterocycles. The lowest BCUT2D eigenvalue weighted by Gasteiger charge is -2.07. The highest BCUT2D eigenvalue weighted by molar-refractivity contribution is 7.92. The molecule has 19 heavy (non-hydrogen) atoms. The van der Waals surface area contributed by atoms with Crippen molar-refractivity contribution in [3.63, 3.8) is 0 Å². The van der Waals surface area contributed by atoms with Gasteiger partial charge >= 0.3 is 0 Å². The van der Waals surface area contributed by atoms with Gasteiger partial charge in [0.2, 0.25) is 0 Å². The monoisotopic (exact) mass is 280 g/mol. The second-order valence-electron chi connectivity index (χ2n) is 4.19. The Kier molecular flexibility index (Phi) is 3.48. The molecule has 0 unspecified atom stereocenters. The number of hydrogen-bond donors (Lipinski definition) is 2. The zero-order valence-electron chi connectivity index (χ0n) is 10.8. The molecule has 0 aliphatic rings. The van der Waals surface area contributed by atoms with Gasteiger partial charge in [0.15, 0.2) is 0 Å². The molecule has 1 heterocycles. The Balaban J connectivity index is 2.33. The van der Waals surface area contributed by atoms with Crippen molar-refractivity contribution in [2.45, 2.75) is 18.2 Å². The normalized spacial score (nSPS) is 11.5. The van der Waals surface area contributed by atoms with Gasteiger partial charge in [-0.3, -0.25) is 9.40 Å². The highest BCUT2D eigenvalue weighted by Gasteiger charge is 2.17. The van der Waals surface area contributed by atoms with Crippen LogP contribution in [-0.4, -0.2) is 18.2 Å². The van der Waals surface area contributed by atoms with Crippen LogP contribution in [0.3, 0.4) is 0 Å². The van der Waals surface area contributed by atoms with Crippen LogP contribution in [0.2, 0.25) is 0 Å². The Hall–Kier alpha value is -2.02. The summed E-state index contributed by atoms with van der Waals surface area (Å²) in [6.07, 6.45) is 2.30. The van der Waals surface area contributed by atoms with Gasteiger partial charge in [0.25, 0.3) is 10.0 Å². The summed E-state index contributed by atoms with van der Waals surface area (Å²) in [7, 11) is -1.86. The highest BCUT2D eigenvalue weighted by Crippen LogP contribution is 2.20. The van der Waals surface area contributed by atoms with E-state index in [4.69, 9.17) is 5.73 Å². The minimum Gasteiger partial charge on any atom is -0.399 e. The first-order valence-electron chi connectivity index (χ1n) is 5.83. The number of sulfonamides is 1. The number of benzene rings is 1. The second-order valence-corrected chi connectivity index (χ2v) is 5.87. The van der Waals surface area contributed by atoms with Crippen LogP contribution >= 0.6 is 0 Å². The SMILES string of the molecule is CCc1nn(C)cc1NS(=O)(=O)c1ccc(N)cc1. The molecule has 1 aromatic carbocycles. The first-order chi connectivity index (χ1) is 8.92. The van der Waals surface area contributed by atoms with Crippen LogP contribution in [0.1, 0.15) is 12.6 Å². The topological polar surface area (TPSA) is 90.0 Å². The highest BCUT2D eigenvalue weighted by atomic mass is 32.2. The lowest BCUT2D eigenvalue weighted by Crippen LogP contribution is -2.13. The summed E-state index contributed by atoms with van der Waals surface area (Å²) < 4.78 is 28.5. The number of aryl methyl sites for hydroxylation is 2. The molecule has 0 spiro atoms. The quantitative estimate of drug-likeness (QED) is 0.828. The van der Waals surface area contributed by atoms with Crippen LogP contribution in [0.4, 0.5) is 11.4 Å². The number of rotatable bonds is 4. The molecule has 0 bridgehead atoms. The average Bonchev–Trinajstić information content (AvgIpc) is 2.69. The number of anilines is 2. The van der Waals surface area contributed by atoms with Crippen molar-refractivity contribution in [1.82, 2.24) is 9.78 Å². The Morgan fingerprint density at radius 2 is 1.95 bits per heavy atom. The molecule has 0 atom stereocenters. The third kappa shape index (κ3) is 2.87. The molecular weight excluding hydrogens is 264 g/mol. The van der Waals surface area contributed by atoms with Gasteiger partial charge in [-0.2, -0.15) is 5.10 Å². The molecule has 0 fully saturated rings. The van der Waals surface area contributed by atoms with E-state index in [0.29, 0.717) is 23.5 Å². The smallest absolute Gasteiger partial charge is 0.262 e. The fourth-order valence-electron chi connectivity index (χ4n) is 1.73. The Morgan fingerprint density at radius 1 is 1.32 bits per heavy atom. The molecular formula is C12H16N4O2S. The van der Waals surface area contributed by atoms with E-state index in [1.807, 2.05) is 6.92 Å². The first kappa shape index (κ1) is 13.4. The van der Waals surface area contributed by atoms with Crippen molar-refractivity contribution < 1.29 is 8.42 Å². The number of nitrogen functional groups attached to an aromatic ring is 1. The van der Waals surface area contributed by atoms with Crippen LogP contribution in [0.15, 0.2) is 35.4 Å². The molecule has 0 saturated carbocycles. The summed E-state index contributed by atoms with van der Waals surface area (Å²) in [4.78, 5) is 0.174. The zero-order valence-corrected chi connectivity index (χ0v) is 11.6. The molecule has 0 amide bonds. The lowest BCUT2D eigenvalue weighted by atomic mass is 10.3. The molecule has 1 aromatic heterocycles. The summed E-state index contributed by atoms with van der Waals surface area (Å²) in [6.45, 7) is 1.92. The summed E-state index contributed by atoms with van der Waals surface area (Å²) in [5.41, 5.74) is 7.28. The van der Waals surface area contributed by atoms with Crippen LogP contribution < -0.4 is 10.5 Å². The third-order valence-corrected chi connectivity index (χ3v) is 4.06. The maximum Gasteiger partial charge on any atom is 0.262 e. The molecule has 6 nitrogen and oxygen atoms in total. The maximum absolute atomic E-state index is 12.2. The number of nitrogens with one attached hydrogen (secondary N) is 1. The predicted molar refractivity (Wildman–Crippen MR) is 74.2 cm³/mol. The Labute approximate surface area is 112 Å². The molecule has 2 rings (SSSR count). The summed E-state index contributed by atoms with van der Waals surface area (Å²) in [5.74, 6) is 0. The number of aromatic nitrogens is 2. The van der Waals surface area contributed by atoms with Gasteiger partial charge in [-0.05, 0) is 30.7 Å². The molecule has 2 aromatic rings. The van der Waals surface area contributed by atoms with E-state index in [2.05, 4.69) is 9.82 Å². The largest absolute Gasteiger partial charge is 0.399 e. The lowest BCUT2D eigenvalue weighted by molar-refractivity contribution is 0.601. The molecule has 3 N–H and O–H groups in total. The molecule has 0 aliphatic carbocycles. The van der Waals surface area contributed by atoms with Crippen molar-refractivity contribution in [2.75, 3.05) is 10.5 Å². The van der Waals surface area contributed by atoms with E-state index in [0.717, 1.165) is 0 Å². The average molecular weight is 280 g/mol. The van der Waals surface area contributed by atoms with E-state index in [1.54, 1.807) is 30.1 Å². The van der Waals surface area contributed by atoms with Crippen molar-refractivity contribution in [3.05, 3.63) is 36.2 Å². The minimum atomic E-state index is -3.61. The van der Waals surface area contributed by atoms with Gasteiger partial charge in [-0.15, -0.1) is 0 Å². The van der Waals surface area contributed by atoms with Crippen molar-refractivity contribution in [2.24, 2.45) is 7.05 Å². The maximum atomic E-state index is 12.2. The summed E-state index contributed by atoms with van der Waals surface area (Å²) in [5, 5.41) is 4.19. The summed E-state index contributed by atoms with van der Waals surface area (Å²) >= 11 is 0. The second kappa shape index (κ2) is 4.93. The van der Waals surface area contributed by atoms with E-state index in [-0.39, 0.29) is 4.90 Å². The molecule has 102 valence electrons. The Bertz CT molecular complexity index is 674. The fraction of sp³-hybridized carbons (Fsp3) is 0.250. The van der Waals surface area contributed by atoms with E-state index in [9.17, 15) is 8.42 Å². The van der Waals surface area contributed by atoms with Gasteiger partial charge in [0.05, 0.1) is 16.3 Å². The fourth-order valence-corrected chi connectivity index (χ4v) is 2.80. The number of nitrogens with zero attached hydrogens (tertiary/aromatic N) is 2. The van der Waals surface area contributed by atoms with E-state index in [1.165, 1.54) is 12.1 Å². The number of hydrogen-bond acceptors (Lipinski definition) is 4. The number of nitrogens with two attached hydrogens (primary N) is 1. The van der Waals surface area contributed by atoms with Crippen molar-refractivity contribution in [1.29, 1.82) is 0 Å². The zero-order chi connectivity index (χ0) is 14.0. The van der Waals surface area contributed by atoms with Gasteiger partial charge in [-0.1, -0.05) is 6.92 Å². The Morgan fingerprint density at radius 3 is 2.53 bits per heavy atom. The van der Waals surface area contributed by atoms with Crippen LogP contribution in [-0.2, 0) is 23.5 Å². The van der Waals surface area contributed by atoms with E-state index >= 15 is 0 Å². The van der Waals surface area contributed by atoms with Crippen molar-refractivity contribution >= 4 is 21.4 Å². The van der Waals surface area contributed by atoms with E-state index < -0.39 is 10.0 Å². The van der Waals surface area contributed by atoms with Gasteiger partial charge in [-0.25, -0.2) is 8.42 Å². The van der Waals surface area contributed by atoms with Gasteiger partial charge in [0, 0.05) is 18.9 Å². The molecule has 7 heteroatoms. The predicted octanol–water partition coefficient (Wildman–Crippen LogP) is 1.37. The van der Waals surface area contributed by atoms with Gasteiger partial charge < -0.3 is 5.73 Å². The van der Waals surface area contributed by atoms with Gasteiger partial charge in [0.1, 0.15) is 0 Å². The van der Waals surface area contributed by atoms with Crippen LogP contribution in [0.5, 0.6) is 0 Å². The third-order valence-electron chi connectivity index (χ3n) is 2.67. The van der Waals surface area contributed by atoms with Crippen LogP contribution in [0, 0.1) is 0 Å². The van der Waals surface area contributed by atoms with Crippen molar-refractivity contribution in [3.8, 4) is 0 Å². The molecule has 0 aliphatic heterocycles.